The van der Waals surface area contributed by atoms with E-state index in [0.717, 1.165) is 5.57 Å². The minimum Gasteiger partial charge on any atom is -0.303 e. The predicted molar refractivity (Wildman–Crippen MR) is 76.1 cm³/mol. The first kappa shape index (κ1) is 16.6. The fourth-order valence-corrected chi connectivity index (χ4v) is 4.34. The second-order valence-corrected chi connectivity index (χ2v) is 7.69. The third-order valence-electron chi connectivity index (χ3n) is 3.56. The summed E-state index contributed by atoms with van der Waals surface area (Å²) in [6, 6.07) is 0. The lowest BCUT2D eigenvalue weighted by Crippen LogP contribution is -2.12. The minimum atomic E-state index is -3.63. The third kappa shape index (κ3) is 3.36. The molecular weight excluding hydrogens is 263 g/mol. The molecule has 0 amide bonds. The molecule has 19 heavy (non-hydrogen) atoms. The third-order valence-corrected chi connectivity index (χ3v) is 5.57. The van der Waals surface area contributed by atoms with Crippen molar-refractivity contribution in [3.8, 4) is 0 Å². The van der Waals surface area contributed by atoms with Crippen LogP contribution >= 0.6 is 7.60 Å². The van der Waals surface area contributed by atoms with Gasteiger partial charge in [-0.2, -0.15) is 0 Å². The van der Waals surface area contributed by atoms with E-state index in [1.54, 1.807) is 13.8 Å². The van der Waals surface area contributed by atoms with Crippen LogP contribution in [0.2, 0.25) is 0 Å². The zero-order valence-corrected chi connectivity index (χ0v) is 13.6. The smallest absolute Gasteiger partial charge is 0.303 e. The Hall–Kier alpha value is -0.440. The number of carbonyl (C=O) groups excluding carboxylic acids is 1. The Labute approximate surface area is 116 Å². The van der Waals surface area contributed by atoms with E-state index in [4.69, 9.17) is 9.05 Å². The van der Waals surface area contributed by atoms with Crippen molar-refractivity contribution < 1.29 is 18.4 Å². The molecule has 0 heterocycles. The first-order chi connectivity index (χ1) is 8.70. The van der Waals surface area contributed by atoms with Crippen molar-refractivity contribution in [1.82, 2.24) is 0 Å². The van der Waals surface area contributed by atoms with Gasteiger partial charge in [-0.05, 0) is 39.0 Å². The first-order valence-electron chi connectivity index (χ1n) is 6.79. The quantitative estimate of drug-likeness (QED) is 0.524. The second-order valence-electron chi connectivity index (χ2n) is 5.74. The summed E-state index contributed by atoms with van der Waals surface area (Å²) >= 11 is 0. The van der Waals surface area contributed by atoms with Gasteiger partial charge in [0.2, 0.25) is 5.52 Å². The van der Waals surface area contributed by atoms with Crippen LogP contribution in [-0.2, 0) is 18.4 Å². The highest BCUT2D eigenvalue weighted by atomic mass is 31.2. The van der Waals surface area contributed by atoms with E-state index >= 15 is 0 Å². The van der Waals surface area contributed by atoms with E-state index in [-0.39, 0.29) is 36.0 Å². The van der Waals surface area contributed by atoms with Gasteiger partial charge in [-0.1, -0.05) is 25.5 Å². The molecule has 1 saturated carbocycles. The normalized spacial score (nSPS) is 24.9. The molecule has 0 radical (unpaired) electrons. The predicted octanol–water partition coefficient (Wildman–Crippen LogP) is 4.02. The molecule has 5 heteroatoms. The molecule has 0 aromatic heterocycles. The molecule has 1 rings (SSSR count). The number of hydrogen-bond donors (Lipinski definition) is 0. The Morgan fingerprint density at radius 1 is 1.21 bits per heavy atom. The highest BCUT2D eigenvalue weighted by Crippen LogP contribution is 2.66. The minimum absolute atomic E-state index is 0.124. The number of rotatable bonds is 7. The molecule has 0 unspecified atom stereocenters. The van der Waals surface area contributed by atoms with Crippen molar-refractivity contribution in [2.75, 3.05) is 13.2 Å². The van der Waals surface area contributed by atoms with Gasteiger partial charge < -0.3 is 9.05 Å². The Bertz CT molecular complexity index is 411. The van der Waals surface area contributed by atoms with E-state index in [1.165, 1.54) is 0 Å². The summed E-state index contributed by atoms with van der Waals surface area (Å²) in [5, 5.41) is 0. The molecule has 1 aliphatic carbocycles. The van der Waals surface area contributed by atoms with Crippen LogP contribution in [0.3, 0.4) is 0 Å². The summed E-state index contributed by atoms with van der Waals surface area (Å²) in [5.74, 6) is -0.148. The summed E-state index contributed by atoms with van der Waals surface area (Å²) in [7, 11) is -3.63. The summed E-state index contributed by atoms with van der Waals surface area (Å²) in [4.78, 5) is 12.5. The van der Waals surface area contributed by atoms with Crippen molar-refractivity contribution in [2.45, 2.75) is 41.5 Å². The molecule has 2 atom stereocenters. The Kier molecular flexibility index (Phi) is 5.16. The molecular formula is C14H25O4P. The maximum Gasteiger partial charge on any atom is 0.397 e. The van der Waals surface area contributed by atoms with Crippen LogP contribution in [0, 0.1) is 17.3 Å². The molecule has 0 aliphatic heterocycles. The molecule has 110 valence electrons. The molecule has 0 saturated heterocycles. The fourth-order valence-electron chi connectivity index (χ4n) is 2.49. The van der Waals surface area contributed by atoms with E-state index in [0.29, 0.717) is 0 Å². The summed E-state index contributed by atoms with van der Waals surface area (Å²) in [6.45, 7) is 11.9. The van der Waals surface area contributed by atoms with Gasteiger partial charge in [0, 0.05) is 5.92 Å². The Balaban J connectivity index is 2.94. The summed E-state index contributed by atoms with van der Waals surface area (Å²) in [5.41, 5.74) is 0.623. The van der Waals surface area contributed by atoms with E-state index in [9.17, 15) is 9.36 Å². The zero-order chi connectivity index (χ0) is 14.8. The van der Waals surface area contributed by atoms with Crippen molar-refractivity contribution in [3.05, 3.63) is 11.6 Å². The van der Waals surface area contributed by atoms with Crippen LogP contribution in [0.5, 0.6) is 0 Å². The molecule has 1 aliphatic rings. The maximum absolute atomic E-state index is 12.5. The largest absolute Gasteiger partial charge is 0.397 e. The lowest BCUT2D eigenvalue weighted by Gasteiger charge is -2.16. The van der Waals surface area contributed by atoms with Gasteiger partial charge in [-0.3, -0.25) is 9.36 Å². The lowest BCUT2D eigenvalue weighted by molar-refractivity contribution is -0.115. The van der Waals surface area contributed by atoms with Crippen LogP contribution in [0.25, 0.3) is 0 Å². The van der Waals surface area contributed by atoms with E-state index < -0.39 is 7.60 Å². The SMILES string of the molecule is CCOP(=O)(OCC)C(=O)[C@H]1[C@@H](C=C(C)C)C1(C)C. The topological polar surface area (TPSA) is 52.6 Å². The summed E-state index contributed by atoms with van der Waals surface area (Å²) < 4.78 is 22.8. The molecule has 4 nitrogen and oxygen atoms in total. The van der Waals surface area contributed by atoms with E-state index in [1.807, 2.05) is 27.7 Å². The number of allylic oxidation sites excluding steroid dienone is 2. The van der Waals surface area contributed by atoms with Gasteiger partial charge in [-0.15, -0.1) is 0 Å². The maximum atomic E-state index is 12.5. The van der Waals surface area contributed by atoms with E-state index in [2.05, 4.69) is 6.08 Å². The van der Waals surface area contributed by atoms with Gasteiger partial charge in [0.1, 0.15) is 0 Å². The number of carbonyl (C=O) groups is 1. The average Bonchev–Trinajstić information content (AvgIpc) is 2.79. The zero-order valence-electron chi connectivity index (χ0n) is 12.7. The molecule has 0 N–H and O–H groups in total. The van der Waals surface area contributed by atoms with Crippen molar-refractivity contribution in [1.29, 1.82) is 0 Å². The van der Waals surface area contributed by atoms with Gasteiger partial charge in [0.15, 0.2) is 0 Å². The van der Waals surface area contributed by atoms with Crippen LogP contribution in [0.1, 0.15) is 41.5 Å². The van der Waals surface area contributed by atoms with Gasteiger partial charge >= 0.3 is 7.60 Å². The Morgan fingerprint density at radius 3 is 2.05 bits per heavy atom. The van der Waals surface area contributed by atoms with Gasteiger partial charge in [0.05, 0.1) is 13.2 Å². The highest BCUT2D eigenvalue weighted by molar-refractivity contribution is 7.71. The average molecular weight is 288 g/mol. The second kappa shape index (κ2) is 5.90. The van der Waals surface area contributed by atoms with Crippen molar-refractivity contribution in [2.24, 2.45) is 17.3 Å². The Morgan fingerprint density at radius 2 is 1.68 bits per heavy atom. The lowest BCUT2D eigenvalue weighted by atomic mass is 10.1. The first-order valence-corrected chi connectivity index (χ1v) is 8.33. The molecule has 1 fully saturated rings. The van der Waals surface area contributed by atoms with Crippen LogP contribution in [0.15, 0.2) is 11.6 Å². The van der Waals surface area contributed by atoms with Crippen LogP contribution < -0.4 is 0 Å². The molecule has 0 bridgehead atoms. The molecule has 0 spiro atoms. The standard InChI is InChI=1S/C14H25O4P/c1-7-17-19(16,18-8-2)13(15)12-11(9-10(3)4)14(12,5)6/h9,11-12H,7-8H2,1-6H3/t11-,12-/m1/s1. The summed E-state index contributed by atoms with van der Waals surface area (Å²) in [6.07, 6.45) is 2.07. The van der Waals surface area contributed by atoms with Gasteiger partial charge in [0.25, 0.3) is 0 Å². The van der Waals surface area contributed by atoms with Crippen LogP contribution in [0.4, 0.5) is 0 Å². The monoisotopic (exact) mass is 288 g/mol. The highest BCUT2D eigenvalue weighted by Gasteiger charge is 2.64. The van der Waals surface area contributed by atoms with Crippen molar-refractivity contribution >= 4 is 13.1 Å². The van der Waals surface area contributed by atoms with Crippen LogP contribution in [-0.4, -0.2) is 18.7 Å². The molecule has 0 aromatic carbocycles. The molecule has 0 aromatic rings. The van der Waals surface area contributed by atoms with Gasteiger partial charge in [-0.25, -0.2) is 0 Å². The van der Waals surface area contributed by atoms with Crippen molar-refractivity contribution in [3.63, 3.8) is 0 Å². The fraction of sp³-hybridized carbons (Fsp3) is 0.786. The number of hydrogen-bond acceptors (Lipinski definition) is 4.